The number of hydrogen-bond donors (Lipinski definition) is 2. The zero-order valence-electron chi connectivity index (χ0n) is 10.1. The van der Waals surface area contributed by atoms with Gasteiger partial charge in [0.15, 0.2) is 5.82 Å². The Labute approximate surface area is 109 Å². The molecule has 0 atom stereocenters. The first kappa shape index (κ1) is 13.0. The van der Waals surface area contributed by atoms with Gasteiger partial charge in [0.1, 0.15) is 0 Å². The molecule has 0 spiro atoms. The van der Waals surface area contributed by atoms with Gasteiger partial charge < -0.3 is 4.52 Å². The largest absolute Gasteiger partial charge is 0.339 e. The van der Waals surface area contributed by atoms with Gasteiger partial charge in [-0.1, -0.05) is 41.6 Å². The highest BCUT2D eigenvalue weighted by atomic mass is 16.5. The maximum absolute atomic E-state index is 10.8. The van der Waals surface area contributed by atoms with E-state index in [2.05, 4.69) is 10.1 Å². The van der Waals surface area contributed by atoms with Gasteiger partial charge >= 0.3 is 0 Å². The maximum Gasteiger partial charge on any atom is 0.243 e. The molecule has 2 aromatic rings. The molecular weight excluding hydrogens is 246 g/mol. The quantitative estimate of drug-likeness (QED) is 0.630. The minimum Gasteiger partial charge on any atom is -0.339 e. The smallest absolute Gasteiger partial charge is 0.243 e. The summed E-state index contributed by atoms with van der Waals surface area (Å²) in [6.45, 7) is 0. The van der Waals surface area contributed by atoms with E-state index in [9.17, 15) is 4.79 Å². The van der Waals surface area contributed by atoms with Gasteiger partial charge in [-0.3, -0.25) is 10.0 Å². The molecule has 1 amide bonds. The highest BCUT2D eigenvalue weighted by Crippen LogP contribution is 2.06. The molecule has 6 heteroatoms. The van der Waals surface area contributed by atoms with Gasteiger partial charge in [0.2, 0.25) is 11.8 Å². The molecule has 0 saturated heterocycles. The van der Waals surface area contributed by atoms with Crippen LogP contribution in [0.4, 0.5) is 0 Å². The Morgan fingerprint density at radius 2 is 2.11 bits per heavy atom. The van der Waals surface area contributed by atoms with Crippen LogP contribution in [-0.4, -0.2) is 21.3 Å². The fraction of sp³-hybridized carbons (Fsp3) is 0.154. The van der Waals surface area contributed by atoms with E-state index >= 15 is 0 Å². The fourth-order valence-corrected chi connectivity index (χ4v) is 1.45. The molecule has 0 aliphatic carbocycles. The highest BCUT2D eigenvalue weighted by molar-refractivity contribution is 5.74. The Bertz CT molecular complexity index is 564. The summed E-state index contributed by atoms with van der Waals surface area (Å²) in [6, 6.07) is 9.74. The first-order chi connectivity index (χ1) is 9.28. The molecule has 0 radical (unpaired) electrons. The number of carbonyl (C=O) groups is 1. The van der Waals surface area contributed by atoms with E-state index in [1.807, 2.05) is 36.4 Å². The van der Waals surface area contributed by atoms with Gasteiger partial charge in [0, 0.05) is 12.8 Å². The number of amides is 1. The lowest BCUT2D eigenvalue weighted by atomic mass is 10.2. The Morgan fingerprint density at radius 1 is 1.32 bits per heavy atom. The molecule has 0 unspecified atom stereocenters. The Kier molecular flexibility index (Phi) is 4.41. The van der Waals surface area contributed by atoms with Crippen molar-refractivity contribution < 1.29 is 14.5 Å². The first-order valence-electron chi connectivity index (χ1n) is 5.76. The van der Waals surface area contributed by atoms with E-state index < -0.39 is 5.91 Å². The normalized spacial score (nSPS) is 10.8. The van der Waals surface area contributed by atoms with Crippen molar-refractivity contribution in [2.75, 3.05) is 0 Å². The van der Waals surface area contributed by atoms with Gasteiger partial charge in [-0.2, -0.15) is 4.98 Å². The average Bonchev–Trinajstić information content (AvgIpc) is 2.91. The molecule has 1 aromatic heterocycles. The molecule has 1 aromatic carbocycles. The van der Waals surface area contributed by atoms with Crippen molar-refractivity contribution in [2.45, 2.75) is 12.8 Å². The summed E-state index contributed by atoms with van der Waals surface area (Å²) in [6.07, 6.45) is 3.99. The number of aryl methyl sites for hydroxylation is 1. The van der Waals surface area contributed by atoms with Crippen molar-refractivity contribution in [3.63, 3.8) is 0 Å². The van der Waals surface area contributed by atoms with Crippen LogP contribution in [0.2, 0.25) is 0 Å². The predicted octanol–water partition coefficient (Wildman–Crippen LogP) is 1.68. The van der Waals surface area contributed by atoms with E-state index in [0.717, 1.165) is 5.56 Å². The molecule has 0 fully saturated rings. The number of hydroxylamine groups is 1. The van der Waals surface area contributed by atoms with Crippen LogP contribution in [0, 0.1) is 0 Å². The summed E-state index contributed by atoms with van der Waals surface area (Å²) in [5.41, 5.74) is 2.58. The number of rotatable bonds is 5. The fourth-order valence-electron chi connectivity index (χ4n) is 1.45. The third-order valence-corrected chi connectivity index (χ3v) is 2.40. The minimum atomic E-state index is -0.487. The van der Waals surface area contributed by atoms with E-state index in [4.69, 9.17) is 9.73 Å². The second-order valence-electron chi connectivity index (χ2n) is 3.83. The number of nitrogens with zero attached hydrogens (tertiary/aromatic N) is 2. The van der Waals surface area contributed by atoms with Gasteiger partial charge in [0.05, 0.1) is 0 Å². The Balaban J connectivity index is 1.94. The van der Waals surface area contributed by atoms with Crippen molar-refractivity contribution in [1.82, 2.24) is 15.6 Å². The van der Waals surface area contributed by atoms with Crippen LogP contribution >= 0.6 is 0 Å². The molecule has 0 aliphatic heterocycles. The van der Waals surface area contributed by atoms with Gasteiger partial charge in [0.25, 0.3) is 0 Å². The van der Waals surface area contributed by atoms with E-state index in [1.165, 1.54) is 0 Å². The predicted molar refractivity (Wildman–Crippen MR) is 67.9 cm³/mol. The van der Waals surface area contributed by atoms with Crippen LogP contribution in [-0.2, 0) is 11.2 Å². The average molecular weight is 259 g/mol. The maximum atomic E-state index is 10.8. The van der Waals surface area contributed by atoms with Gasteiger partial charge in [-0.05, 0) is 11.6 Å². The summed E-state index contributed by atoms with van der Waals surface area (Å²) < 4.78 is 4.97. The molecule has 1 heterocycles. The molecule has 6 nitrogen and oxygen atoms in total. The Morgan fingerprint density at radius 3 is 2.84 bits per heavy atom. The summed E-state index contributed by atoms with van der Waals surface area (Å²) >= 11 is 0. The van der Waals surface area contributed by atoms with Crippen LogP contribution < -0.4 is 5.48 Å². The molecule has 2 N–H and O–H groups in total. The molecule has 0 aliphatic rings. The lowest BCUT2D eigenvalue weighted by Gasteiger charge is -1.92. The molecular formula is C13H13N3O3. The molecule has 19 heavy (non-hydrogen) atoms. The monoisotopic (exact) mass is 259 g/mol. The summed E-state index contributed by atoms with van der Waals surface area (Å²) in [4.78, 5) is 14.9. The van der Waals surface area contributed by atoms with Crippen molar-refractivity contribution in [3.8, 4) is 0 Å². The zero-order valence-corrected chi connectivity index (χ0v) is 10.1. The van der Waals surface area contributed by atoms with Crippen LogP contribution in [0.5, 0.6) is 0 Å². The number of benzene rings is 1. The van der Waals surface area contributed by atoms with Crippen molar-refractivity contribution in [2.24, 2.45) is 0 Å². The minimum absolute atomic E-state index is 0.0978. The van der Waals surface area contributed by atoms with Crippen molar-refractivity contribution in [3.05, 3.63) is 47.6 Å². The van der Waals surface area contributed by atoms with Gasteiger partial charge in [-0.25, -0.2) is 5.48 Å². The molecule has 98 valence electrons. The number of carbonyl (C=O) groups excluding carboxylic acids is 1. The van der Waals surface area contributed by atoms with Gasteiger partial charge in [-0.15, -0.1) is 0 Å². The van der Waals surface area contributed by atoms with Crippen LogP contribution in [0.3, 0.4) is 0 Å². The number of aromatic nitrogens is 2. The Hall–Kier alpha value is -2.47. The van der Waals surface area contributed by atoms with Crippen LogP contribution in [0.25, 0.3) is 12.2 Å². The third kappa shape index (κ3) is 4.04. The number of nitrogens with one attached hydrogen (secondary N) is 1. The van der Waals surface area contributed by atoms with Crippen molar-refractivity contribution >= 4 is 18.1 Å². The molecule has 2 rings (SSSR count). The topological polar surface area (TPSA) is 88.2 Å². The van der Waals surface area contributed by atoms with Crippen LogP contribution in [0.1, 0.15) is 23.7 Å². The third-order valence-electron chi connectivity index (χ3n) is 2.40. The molecule has 0 saturated carbocycles. The second kappa shape index (κ2) is 6.46. The lowest BCUT2D eigenvalue weighted by molar-refractivity contribution is -0.129. The summed E-state index contributed by atoms with van der Waals surface area (Å²) in [5.74, 6) is 0.319. The van der Waals surface area contributed by atoms with E-state index in [-0.39, 0.29) is 6.42 Å². The summed E-state index contributed by atoms with van der Waals surface area (Å²) in [5, 5.41) is 12.1. The lowest BCUT2D eigenvalue weighted by Crippen LogP contribution is -2.18. The SMILES string of the molecule is O=C(CCc1nc(/C=C/c2ccccc2)no1)NO. The highest BCUT2D eigenvalue weighted by Gasteiger charge is 2.06. The van der Waals surface area contributed by atoms with E-state index in [0.29, 0.717) is 18.1 Å². The summed E-state index contributed by atoms with van der Waals surface area (Å²) in [7, 11) is 0. The zero-order chi connectivity index (χ0) is 13.5. The van der Waals surface area contributed by atoms with E-state index in [1.54, 1.807) is 11.6 Å². The standard InChI is InChI=1S/C13H13N3O3/c17-12(15-18)8-9-13-14-11(16-19-13)7-6-10-4-2-1-3-5-10/h1-7,18H,8-9H2,(H,15,17)/b7-6+. The molecule has 0 bridgehead atoms. The van der Waals surface area contributed by atoms with Crippen molar-refractivity contribution in [1.29, 1.82) is 0 Å². The number of hydrogen-bond acceptors (Lipinski definition) is 5. The second-order valence-corrected chi connectivity index (χ2v) is 3.83. The van der Waals surface area contributed by atoms with Crippen LogP contribution in [0.15, 0.2) is 34.9 Å². The first-order valence-corrected chi connectivity index (χ1v) is 5.76.